The van der Waals surface area contributed by atoms with Crippen LogP contribution in [0.2, 0.25) is 5.15 Å². The third-order valence-electron chi connectivity index (χ3n) is 7.37. The van der Waals surface area contributed by atoms with Gasteiger partial charge < -0.3 is 15.4 Å². The molecule has 2 N–H and O–H groups in total. The van der Waals surface area contributed by atoms with Gasteiger partial charge in [0.05, 0.1) is 29.4 Å². The van der Waals surface area contributed by atoms with E-state index in [0.29, 0.717) is 5.56 Å². The van der Waals surface area contributed by atoms with E-state index in [-0.39, 0.29) is 53.5 Å². The van der Waals surface area contributed by atoms with E-state index in [1.165, 1.54) is 10.7 Å². The maximum Gasteiger partial charge on any atom is 0.408 e. The number of aromatic nitrogens is 3. The Balaban J connectivity index is 1.60. The van der Waals surface area contributed by atoms with Crippen LogP contribution in [-0.2, 0) is 9.53 Å². The molecule has 0 aliphatic heterocycles. The van der Waals surface area contributed by atoms with E-state index in [1.807, 2.05) is 0 Å². The van der Waals surface area contributed by atoms with Gasteiger partial charge >= 0.3 is 12.3 Å². The molecule has 1 unspecified atom stereocenters. The first-order chi connectivity index (χ1) is 18.7. The molecule has 2 fully saturated rings. The van der Waals surface area contributed by atoms with Crippen molar-refractivity contribution in [2.75, 3.05) is 0 Å². The molecule has 2 atom stereocenters. The fraction of sp³-hybridized carbons (Fsp3) is 0.704. The van der Waals surface area contributed by atoms with E-state index in [1.54, 1.807) is 26.8 Å². The largest absolute Gasteiger partial charge is 0.444 e. The molecule has 4 rings (SSSR count). The van der Waals surface area contributed by atoms with Crippen molar-refractivity contribution in [1.82, 2.24) is 25.2 Å². The van der Waals surface area contributed by atoms with Crippen LogP contribution in [0, 0.1) is 17.3 Å². The summed E-state index contributed by atoms with van der Waals surface area (Å²) in [5, 5.41) is 9.79. The van der Waals surface area contributed by atoms with Gasteiger partial charge in [-0.05, 0) is 57.9 Å². The van der Waals surface area contributed by atoms with Gasteiger partial charge in [0.15, 0.2) is 10.8 Å². The van der Waals surface area contributed by atoms with E-state index in [9.17, 15) is 31.5 Å². The Morgan fingerprint density at radius 3 is 2.32 bits per heavy atom. The summed E-state index contributed by atoms with van der Waals surface area (Å²) < 4.78 is 74.3. The summed E-state index contributed by atoms with van der Waals surface area (Å²) in [6.07, 6.45) is -3.60. The quantitative estimate of drug-likeness (QED) is 0.301. The van der Waals surface area contributed by atoms with Crippen LogP contribution >= 0.6 is 11.6 Å². The maximum atomic E-state index is 13.8. The van der Waals surface area contributed by atoms with E-state index in [2.05, 4.69) is 20.7 Å². The molecule has 2 aromatic rings. The van der Waals surface area contributed by atoms with Gasteiger partial charge in [-0.15, -0.1) is 0 Å². The smallest absolute Gasteiger partial charge is 0.408 e. The highest BCUT2D eigenvalue weighted by Gasteiger charge is 2.49. The van der Waals surface area contributed by atoms with Crippen LogP contribution in [-0.4, -0.2) is 44.3 Å². The lowest BCUT2D eigenvalue weighted by Gasteiger charge is -2.34. The van der Waals surface area contributed by atoms with Crippen LogP contribution in [0.4, 0.5) is 26.7 Å². The number of ether oxygens (including phenoxy) is 1. The van der Waals surface area contributed by atoms with Crippen LogP contribution in [0.15, 0.2) is 12.3 Å². The summed E-state index contributed by atoms with van der Waals surface area (Å²) in [6.45, 7) is 6.98. The molecule has 2 aliphatic rings. The molecule has 2 amide bonds. The number of imidazole rings is 1. The fourth-order valence-corrected chi connectivity index (χ4v) is 5.18. The predicted molar refractivity (Wildman–Crippen MR) is 140 cm³/mol. The predicted octanol–water partition coefficient (Wildman–Crippen LogP) is 6.93. The number of nitrogens with one attached hydrogen (secondary N) is 2. The van der Waals surface area contributed by atoms with Gasteiger partial charge in [-0.1, -0.05) is 25.4 Å². The van der Waals surface area contributed by atoms with Crippen LogP contribution in [0.25, 0.3) is 5.65 Å². The molecule has 41 heavy (non-hydrogen) atoms. The monoisotopic (exact) mass is 607 g/mol. The van der Waals surface area contributed by atoms with Gasteiger partial charge in [-0.3, -0.25) is 4.79 Å². The number of rotatable bonds is 9. The topological polar surface area (TPSA) is 97.6 Å². The number of fused-ring (bicyclic) bond motifs is 1. The number of halogens is 6. The van der Waals surface area contributed by atoms with E-state index in [4.69, 9.17) is 16.3 Å². The van der Waals surface area contributed by atoms with Gasteiger partial charge in [0.1, 0.15) is 5.60 Å². The lowest BCUT2D eigenvalue weighted by atomic mass is 9.79. The Morgan fingerprint density at radius 1 is 1.15 bits per heavy atom. The number of amides is 2. The van der Waals surface area contributed by atoms with E-state index < -0.39 is 47.7 Å². The molecular weight excluding hydrogens is 573 g/mol. The molecule has 2 saturated carbocycles. The molecule has 8 nitrogen and oxygen atoms in total. The van der Waals surface area contributed by atoms with Gasteiger partial charge in [0.25, 0.3) is 0 Å². The molecule has 2 aliphatic carbocycles. The molecule has 0 spiro atoms. The van der Waals surface area contributed by atoms with Crippen molar-refractivity contribution in [2.24, 2.45) is 17.3 Å². The molecule has 0 radical (unpaired) electrons. The number of carbonyl (C=O) groups is 2. The normalized spacial score (nSPS) is 19.4. The van der Waals surface area contributed by atoms with Gasteiger partial charge in [-0.2, -0.15) is 18.3 Å². The van der Waals surface area contributed by atoms with Gasteiger partial charge in [-0.25, -0.2) is 23.1 Å². The van der Waals surface area contributed by atoms with Crippen LogP contribution < -0.4 is 10.6 Å². The second-order valence-corrected chi connectivity index (χ2v) is 13.2. The van der Waals surface area contributed by atoms with Crippen molar-refractivity contribution < 1.29 is 36.3 Å². The molecule has 2 heterocycles. The second-order valence-electron chi connectivity index (χ2n) is 12.9. The van der Waals surface area contributed by atoms with E-state index in [0.717, 1.165) is 26.7 Å². The summed E-state index contributed by atoms with van der Waals surface area (Å²) in [6, 6.07) is -0.100. The minimum absolute atomic E-state index is 0.0212. The molecule has 0 aromatic carbocycles. The molecule has 14 heteroatoms. The zero-order valence-electron chi connectivity index (χ0n) is 23.5. The summed E-state index contributed by atoms with van der Waals surface area (Å²) in [7, 11) is 0. The van der Waals surface area contributed by atoms with Crippen molar-refractivity contribution in [2.45, 2.75) is 103 Å². The Bertz CT molecular complexity index is 1290. The van der Waals surface area contributed by atoms with Crippen molar-refractivity contribution >= 4 is 29.2 Å². The maximum absolute atomic E-state index is 13.8. The molecule has 0 bridgehead atoms. The first-order valence-corrected chi connectivity index (χ1v) is 13.9. The highest BCUT2D eigenvalue weighted by atomic mass is 35.5. The number of hydrogen-bond donors (Lipinski definition) is 2. The Hall–Kier alpha value is -2.70. The lowest BCUT2D eigenvalue weighted by Crippen LogP contribution is -2.40. The Labute approximate surface area is 239 Å². The molecule has 2 aromatic heterocycles. The SMILES string of the molecule is CC(C)(C)OC(=O)N[C@@H](CC(C)(C)C(F)(F)F)c1cn2nc(Cl)c(C(NC(=O)CC3CC(F)(F)C3)C3CC3)cc2n1. The summed E-state index contributed by atoms with van der Waals surface area (Å²) >= 11 is 6.50. The Morgan fingerprint density at radius 2 is 1.78 bits per heavy atom. The summed E-state index contributed by atoms with van der Waals surface area (Å²) in [5.74, 6) is -3.39. The first-order valence-electron chi connectivity index (χ1n) is 13.5. The summed E-state index contributed by atoms with van der Waals surface area (Å²) in [5.41, 5.74) is -2.22. The molecular formula is C27H35ClF5N5O3. The van der Waals surface area contributed by atoms with Crippen LogP contribution in [0.3, 0.4) is 0 Å². The minimum atomic E-state index is -4.56. The average molecular weight is 608 g/mol. The molecule has 228 valence electrons. The van der Waals surface area contributed by atoms with Crippen LogP contribution in [0.1, 0.15) is 96.5 Å². The summed E-state index contributed by atoms with van der Waals surface area (Å²) in [4.78, 5) is 29.7. The highest BCUT2D eigenvalue weighted by molar-refractivity contribution is 6.30. The zero-order chi connectivity index (χ0) is 30.5. The zero-order valence-corrected chi connectivity index (χ0v) is 24.3. The third kappa shape index (κ3) is 7.78. The van der Waals surface area contributed by atoms with Crippen molar-refractivity contribution in [1.29, 1.82) is 0 Å². The fourth-order valence-electron chi connectivity index (χ4n) is 4.93. The van der Waals surface area contributed by atoms with Crippen molar-refractivity contribution in [3.8, 4) is 0 Å². The number of carbonyl (C=O) groups excluding carboxylic acids is 2. The second kappa shape index (κ2) is 10.9. The van der Waals surface area contributed by atoms with Gasteiger partial charge in [0.2, 0.25) is 11.8 Å². The van der Waals surface area contributed by atoms with Crippen molar-refractivity contribution in [3.63, 3.8) is 0 Å². The number of nitrogens with zero attached hydrogens (tertiary/aromatic N) is 3. The third-order valence-corrected chi connectivity index (χ3v) is 7.67. The number of alkyl carbamates (subject to hydrolysis) is 1. The average Bonchev–Trinajstić information content (AvgIpc) is 3.52. The van der Waals surface area contributed by atoms with Crippen molar-refractivity contribution in [3.05, 3.63) is 28.7 Å². The van der Waals surface area contributed by atoms with E-state index >= 15 is 0 Å². The Kier molecular flexibility index (Phi) is 8.27. The lowest BCUT2D eigenvalue weighted by molar-refractivity contribution is -0.215. The van der Waals surface area contributed by atoms with Gasteiger partial charge in [0, 0.05) is 24.8 Å². The highest BCUT2D eigenvalue weighted by Crippen LogP contribution is 2.46. The first kappa shape index (κ1) is 31.2. The number of hydrogen-bond acceptors (Lipinski definition) is 5. The minimum Gasteiger partial charge on any atom is -0.444 e. The van der Waals surface area contributed by atoms with Crippen LogP contribution in [0.5, 0.6) is 0 Å². The number of alkyl halides is 5. The molecule has 0 saturated heterocycles. The standard InChI is InChI=1S/C27H35ClF5N5O3/c1-24(2,3)41-23(40)35-17(12-25(4,5)27(31,32)33)18-13-38-19(34-18)9-16(22(28)37-38)21(15-6-7-15)36-20(39)8-14-10-26(29,30)11-14/h9,13-15,17,21H,6-8,10-12H2,1-5H3,(H,35,40)(H,36,39)/t17-,21?/m0/s1.